The molecular weight excluding hydrogens is 425 g/mol. The zero-order chi connectivity index (χ0) is 22.7. The fourth-order valence-electron chi connectivity index (χ4n) is 3.26. The number of thioether (sulfide) groups is 1. The number of halogens is 1. The van der Waals surface area contributed by atoms with E-state index in [9.17, 15) is 9.18 Å². The Hall–Kier alpha value is -3.65. The molecule has 1 aromatic heterocycles. The fraction of sp³-hybridized carbons (Fsp3) is 0.125. The van der Waals surface area contributed by atoms with Gasteiger partial charge in [0.15, 0.2) is 5.82 Å². The maximum Gasteiger partial charge on any atom is 0.242 e. The van der Waals surface area contributed by atoms with Gasteiger partial charge < -0.3 is 11.2 Å². The number of anilines is 1. The number of carbonyl (C=O) groups is 1. The Bertz CT molecular complexity index is 1260. The van der Waals surface area contributed by atoms with Crippen LogP contribution in [0.3, 0.4) is 0 Å². The van der Waals surface area contributed by atoms with Crippen molar-refractivity contribution in [3.05, 3.63) is 95.3 Å². The maximum absolute atomic E-state index is 13.6. The van der Waals surface area contributed by atoms with Crippen molar-refractivity contribution in [2.24, 2.45) is 0 Å². The highest BCUT2D eigenvalue weighted by atomic mass is 32.2. The van der Waals surface area contributed by atoms with Crippen LogP contribution in [0.25, 0.3) is 11.4 Å². The predicted octanol–water partition coefficient (Wildman–Crippen LogP) is 4.89. The molecule has 0 saturated heterocycles. The van der Waals surface area contributed by atoms with Crippen LogP contribution >= 0.6 is 11.8 Å². The maximum atomic E-state index is 13.6. The smallest absolute Gasteiger partial charge is 0.242 e. The van der Waals surface area contributed by atoms with Gasteiger partial charge in [-0.25, -0.2) is 9.07 Å². The summed E-state index contributed by atoms with van der Waals surface area (Å²) in [4.78, 5) is 13.3. The summed E-state index contributed by atoms with van der Waals surface area (Å²) in [5.41, 5.74) is 4.08. The largest absolute Gasteiger partial charge is 0.335 e. The normalized spacial score (nSPS) is 11.8. The summed E-state index contributed by atoms with van der Waals surface area (Å²) in [5, 5.41) is 11.0. The van der Waals surface area contributed by atoms with Gasteiger partial charge in [0.2, 0.25) is 11.1 Å². The van der Waals surface area contributed by atoms with Crippen LogP contribution in [0, 0.1) is 19.7 Å². The molecule has 3 aromatic carbocycles. The van der Waals surface area contributed by atoms with Gasteiger partial charge in [-0.1, -0.05) is 66.4 Å². The number of nitrogen functional groups attached to an aromatic ring is 1. The molecule has 0 bridgehead atoms. The number of hydrogen-bond donors (Lipinski definition) is 2. The molecule has 0 spiro atoms. The molecule has 4 rings (SSSR count). The minimum atomic E-state index is -0.622. The highest BCUT2D eigenvalue weighted by Gasteiger charge is 2.26. The third-order valence-corrected chi connectivity index (χ3v) is 6.17. The molecule has 1 unspecified atom stereocenters. The Labute approximate surface area is 189 Å². The van der Waals surface area contributed by atoms with E-state index in [-0.39, 0.29) is 5.91 Å². The van der Waals surface area contributed by atoms with E-state index in [0.717, 1.165) is 22.4 Å². The molecule has 0 aliphatic heterocycles. The lowest BCUT2D eigenvalue weighted by atomic mass is 10.1. The van der Waals surface area contributed by atoms with E-state index in [2.05, 4.69) is 15.5 Å². The second-order valence-corrected chi connectivity index (χ2v) is 8.47. The van der Waals surface area contributed by atoms with Crippen LogP contribution in [0.15, 0.2) is 78.0 Å². The Morgan fingerprint density at radius 3 is 2.56 bits per heavy atom. The first-order valence-corrected chi connectivity index (χ1v) is 10.9. The number of aryl methyl sites for hydroxylation is 2. The molecule has 0 aliphatic rings. The summed E-state index contributed by atoms with van der Waals surface area (Å²) in [5.74, 6) is 5.94. The first-order chi connectivity index (χ1) is 15.4. The quantitative estimate of drug-likeness (QED) is 0.325. The molecule has 1 amide bonds. The molecule has 0 radical (unpaired) electrons. The van der Waals surface area contributed by atoms with E-state index in [1.165, 1.54) is 28.6 Å². The fourth-order valence-corrected chi connectivity index (χ4v) is 4.21. The average Bonchev–Trinajstić information content (AvgIpc) is 3.15. The molecule has 4 aromatic rings. The summed E-state index contributed by atoms with van der Waals surface area (Å²) in [7, 11) is 0. The van der Waals surface area contributed by atoms with Crippen LogP contribution in [0.1, 0.15) is 21.9 Å². The zero-order valence-corrected chi connectivity index (χ0v) is 18.4. The first kappa shape index (κ1) is 21.6. The minimum absolute atomic E-state index is 0.204. The third kappa shape index (κ3) is 4.65. The number of rotatable bonds is 6. The van der Waals surface area contributed by atoms with Gasteiger partial charge in [0, 0.05) is 11.3 Å². The molecule has 6 nitrogen and oxygen atoms in total. The number of carbonyl (C=O) groups excluding carboxylic acids is 1. The van der Waals surface area contributed by atoms with Crippen LogP contribution < -0.4 is 11.2 Å². The van der Waals surface area contributed by atoms with Crippen molar-refractivity contribution >= 4 is 23.4 Å². The molecule has 1 atom stereocenters. The molecule has 3 N–H and O–H groups in total. The van der Waals surface area contributed by atoms with Gasteiger partial charge in [-0.2, -0.15) is 0 Å². The van der Waals surface area contributed by atoms with Crippen LogP contribution in [0.4, 0.5) is 10.1 Å². The lowest BCUT2D eigenvalue weighted by molar-refractivity contribution is -0.115. The average molecular weight is 448 g/mol. The predicted molar refractivity (Wildman–Crippen MR) is 125 cm³/mol. The molecule has 0 aliphatic carbocycles. The SMILES string of the molecule is Cc1ccc(C)c(NC(=O)C(Sc2nnc(-c3cccc(F)c3)n2N)c2ccccc2)c1. The Morgan fingerprint density at radius 2 is 1.81 bits per heavy atom. The monoisotopic (exact) mass is 447 g/mol. The van der Waals surface area contributed by atoms with Crippen molar-refractivity contribution in [3.63, 3.8) is 0 Å². The van der Waals surface area contributed by atoms with E-state index < -0.39 is 11.1 Å². The Kier molecular flexibility index (Phi) is 6.23. The van der Waals surface area contributed by atoms with Crippen molar-refractivity contribution in [2.45, 2.75) is 24.3 Å². The molecule has 0 saturated carbocycles. The number of nitrogens with one attached hydrogen (secondary N) is 1. The number of nitrogens with two attached hydrogens (primary N) is 1. The van der Waals surface area contributed by atoms with Gasteiger partial charge in [0.25, 0.3) is 0 Å². The van der Waals surface area contributed by atoms with Gasteiger partial charge in [0.1, 0.15) is 11.1 Å². The van der Waals surface area contributed by atoms with Crippen LogP contribution in [-0.4, -0.2) is 20.8 Å². The second kappa shape index (κ2) is 9.23. The van der Waals surface area contributed by atoms with E-state index in [0.29, 0.717) is 16.5 Å². The van der Waals surface area contributed by atoms with E-state index in [1.807, 2.05) is 62.4 Å². The minimum Gasteiger partial charge on any atom is -0.335 e. The van der Waals surface area contributed by atoms with Crippen LogP contribution in [0.5, 0.6) is 0 Å². The summed E-state index contributed by atoms with van der Waals surface area (Å²) in [6, 6.07) is 21.3. The lowest BCUT2D eigenvalue weighted by Crippen LogP contribution is -2.21. The zero-order valence-electron chi connectivity index (χ0n) is 17.6. The van der Waals surface area contributed by atoms with Gasteiger partial charge in [-0.15, -0.1) is 10.2 Å². The summed E-state index contributed by atoms with van der Waals surface area (Å²) in [6.07, 6.45) is 0. The molecular formula is C24H22FN5OS. The van der Waals surface area contributed by atoms with Crippen molar-refractivity contribution < 1.29 is 9.18 Å². The number of aromatic nitrogens is 3. The first-order valence-electron chi connectivity index (χ1n) is 9.98. The van der Waals surface area contributed by atoms with E-state index in [4.69, 9.17) is 5.84 Å². The standard InChI is InChI=1S/C24H22FN5OS/c1-15-11-12-16(2)20(13-15)27-23(31)21(17-7-4-3-5-8-17)32-24-29-28-22(30(24)26)18-9-6-10-19(25)14-18/h3-14,21H,26H2,1-2H3,(H,27,31). The van der Waals surface area contributed by atoms with Gasteiger partial charge in [-0.3, -0.25) is 4.79 Å². The molecule has 0 fully saturated rings. The summed E-state index contributed by atoms with van der Waals surface area (Å²) in [6.45, 7) is 3.92. The highest BCUT2D eigenvalue weighted by molar-refractivity contribution is 8.00. The number of hydrogen-bond acceptors (Lipinski definition) is 5. The second-order valence-electron chi connectivity index (χ2n) is 7.40. The number of nitrogens with zero attached hydrogens (tertiary/aromatic N) is 3. The Morgan fingerprint density at radius 1 is 1.03 bits per heavy atom. The molecule has 32 heavy (non-hydrogen) atoms. The third-order valence-electron chi connectivity index (χ3n) is 4.96. The highest BCUT2D eigenvalue weighted by Crippen LogP contribution is 2.36. The van der Waals surface area contributed by atoms with Crippen molar-refractivity contribution in [1.29, 1.82) is 0 Å². The van der Waals surface area contributed by atoms with Crippen molar-refractivity contribution in [2.75, 3.05) is 11.2 Å². The van der Waals surface area contributed by atoms with Crippen molar-refractivity contribution in [3.8, 4) is 11.4 Å². The van der Waals surface area contributed by atoms with Crippen LogP contribution in [-0.2, 0) is 4.79 Å². The van der Waals surface area contributed by atoms with Crippen LogP contribution in [0.2, 0.25) is 0 Å². The molecule has 8 heteroatoms. The molecule has 1 heterocycles. The van der Waals surface area contributed by atoms with E-state index >= 15 is 0 Å². The van der Waals surface area contributed by atoms with Gasteiger partial charge in [0.05, 0.1) is 0 Å². The van der Waals surface area contributed by atoms with Crippen molar-refractivity contribution in [1.82, 2.24) is 14.9 Å². The molecule has 162 valence electrons. The van der Waals surface area contributed by atoms with Gasteiger partial charge >= 0.3 is 0 Å². The summed E-state index contributed by atoms with van der Waals surface area (Å²) < 4.78 is 14.9. The summed E-state index contributed by atoms with van der Waals surface area (Å²) >= 11 is 1.18. The van der Waals surface area contributed by atoms with E-state index in [1.54, 1.807) is 12.1 Å². The number of amides is 1. The number of benzene rings is 3. The topological polar surface area (TPSA) is 85.8 Å². The Balaban J connectivity index is 1.65. The van der Waals surface area contributed by atoms with Gasteiger partial charge in [-0.05, 0) is 48.7 Å². The lowest BCUT2D eigenvalue weighted by Gasteiger charge is -2.17.